The van der Waals surface area contributed by atoms with Gasteiger partial charge in [0, 0.05) is 0 Å². The molecule has 0 aromatic heterocycles. The van der Waals surface area contributed by atoms with Crippen LogP contribution in [0, 0.1) is 12.8 Å². The molecule has 0 unspecified atom stereocenters. The lowest BCUT2D eigenvalue weighted by Gasteiger charge is -2.45. The summed E-state index contributed by atoms with van der Waals surface area (Å²) in [5.41, 5.74) is 2.24. The van der Waals surface area contributed by atoms with Gasteiger partial charge in [0.1, 0.15) is 6.54 Å². The summed E-state index contributed by atoms with van der Waals surface area (Å²) < 4.78 is 4.61. The van der Waals surface area contributed by atoms with E-state index in [0.29, 0.717) is 0 Å². The smallest absolute Gasteiger partial charge is 0.325 e. The number of hydrogen-bond donors (Lipinski definition) is 0. The monoisotopic (exact) mass is 247 g/mol. The fraction of sp³-hybridized carbons (Fsp3) is 0.429. The number of methoxy groups -OCH3 is 1. The number of hydrogen-bond acceptors (Lipinski definition) is 3. The van der Waals surface area contributed by atoms with Crippen LogP contribution in [0.4, 0.5) is 0 Å². The molecule has 1 aliphatic rings. The van der Waals surface area contributed by atoms with Crippen molar-refractivity contribution in [2.45, 2.75) is 19.9 Å². The number of carbonyl (C=O) groups excluding carboxylic acids is 2. The first-order chi connectivity index (χ1) is 8.54. The molecule has 1 aromatic rings. The van der Waals surface area contributed by atoms with Crippen LogP contribution in [0.2, 0.25) is 0 Å². The van der Waals surface area contributed by atoms with E-state index in [2.05, 4.69) is 4.74 Å². The van der Waals surface area contributed by atoms with Crippen molar-refractivity contribution in [3.63, 3.8) is 0 Å². The minimum atomic E-state index is -0.382. The van der Waals surface area contributed by atoms with Gasteiger partial charge in [-0.15, -0.1) is 0 Å². The van der Waals surface area contributed by atoms with Crippen LogP contribution in [-0.2, 0) is 14.3 Å². The van der Waals surface area contributed by atoms with Crippen LogP contribution in [0.15, 0.2) is 24.3 Å². The molecule has 96 valence electrons. The zero-order chi connectivity index (χ0) is 13.3. The quantitative estimate of drug-likeness (QED) is 0.603. The summed E-state index contributed by atoms with van der Waals surface area (Å²) in [6, 6.07) is 8.03. The minimum Gasteiger partial charge on any atom is -0.468 e. The highest BCUT2D eigenvalue weighted by atomic mass is 16.5. The van der Waals surface area contributed by atoms with E-state index in [0.717, 1.165) is 5.56 Å². The van der Waals surface area contributed by atoms with Crippen LogP contribution in [-0.4, -0.2) is 30.4 Å². The van der Waals surface area contributed by atoms with Gasteiger partial charge in [-0.25, -0.2) is 0 Å². The van der Waals surface area contributed by atoms with Gasteiger partial charge in [-0.05, 0) is 12.5 Å². The molecule has 1 fully saturated rings. The molecule has 1 aromatic carbocycles. The molecule has 1 saturated heterocycles. The summed E-state index contributed by atoms with van der Waals surface area (Å²) in [5, 5.41) is 0. The lowest BCUT2D eigenvalue weighted by Crippen LogP contribution is -2.55. The van der Waals surface area contributed by atoms with Crippen molar-refractivity contribution in [1.29, 1.82) is 0 Å². The molecule has 0 aliphatic carbocycles. The minimum absolute atomic E-state index is 0.00553. The number of nitrogens with zero attached hydrogens (tertiary/aromatic N) is 1. The molecule has 0 spiro atoms. The number of rotatable bonds is 3. The fourth-order valence-electron chi connectivity index (χ4n) is 2.33. The van der Waals surface area contributed by atoms with Crippen LogP contribution in [0.5, 0.6) is 0 Å². The Kier molecular flexibility index (Phi) is 3.36. The number of carbonyl (C=O) groups is 2. The van der Waals surface area contributed by atoms with E-state index in [-0.39, 0.29) is 30.4 Å². The van der Waals surface area contributed by atoms with Crippen molar-refractivity contribution < 1.29 is 14.3 Å². The Labute approximate surface area is 107 Å². The molecule has 1 heterocycles. The van der Waals surface area contributed by atoms with Gasteiger partial charge in [0.15, 0.2) is 0 Å². The standard InChI is InChI=1S/C14H17NO3/c1-9-4-6-11(7-5-9)13-10(2)14(17)15(13)8-12(16)18-3/h4-7,10,13H,8H2,1-3H3/t10-,13+/m1/s1. The highest BCUT2D eigenvalue weighted by Gasteiger charge is 2.45. The van der Waals surface area contributed by atoms with E-state index in [1.54, 1.807) is 4.90 Å². The number of likely N-dealkylation sites (tertiary alicyclic amines) is 1. The molecule has 0 N–H and O–H groups in total. The predicted molar refractivity (Wildman–Crippen MR) is 66.8 cm³/mol. The van der Waals surface area contributed by atoms with Gasteiger partial charge >= 0.3 is 5.97 Å². The highest BCUT2D eigenvalue weighted by molar-refractivity contribution is 5.89. The number of amides is 1. The van der Waals surface area contributed by atoms with E-state index >= 15 is 0 Å². The zero-order valence-electron chi connectivity index (χ0n) is 10.8. The summed E-state index contributed by atoms with van der Waals surface area (Å²) in [5.74, 6) is -0.448. The van der Waals surface area contributed by atoms with Gasteiger partial charge in [0.05, 0.1) is 19.1 Å². The SMILES string of the molecule is COC(=O)CN1C(=O)[C@H](C)[C@H]1c1ccc(C)cc1. The van der Waals surface area contributed by atoms with Crippen molar-refractivity contribution in [2.75, 3.05) is 13.7 Å². The van der Waals surface area contributed by atoms with Crippen LogP contribution in [0.3, 0.4) is 0 Å². The van der Waals surface area contributed by atoms with Crippen LogP contribution in [0.25, 0.3) is 0 Å². The van der Waals surface area contributed by atoms with Gasteiger partial charge in [0.2, 0.25) is 5.91 Å². The second-order valence-electron chi connectivity index (χ2n) is 4.69. The Morgan fingerprint density at radius 1 is 1.33 bits per heavy atom. The highest BCUT2D eigenvalue weighted by Crippen LogP contribution is 2.39. The summed E-state index contributed by atoms with van der Waals surface area (Å²) in [4.78, 5) is 24.6. The molecular weight excluding hydrogens is 230 g/mol. The van der Waals surface area contributed by atoms with Gasteiger partial charge in [0.25, 0.3) is 0 Å². The molecule has 18 heavy (non-hydrogen) atoms. The molecular formula is C14H17NO3. The molecule has 1 amide bonds. The Morgan fingerprint density at radius 3 is 2.50 bits per heavy atom. The van der Waals surface area contributed by atoms with Crippen molar-refractivity contribution in [2.24, 2.45) is 5.92 Å². The average molecular weight is 247 g/mol. The Morgan fingerprint density at radius 2 is 1.94 bits per heavy atom. The topological polar surface area (TPSA) is 46.6 Å². The molecule has 1 aliphatic heterocycles. The molecule has 2 atom stereocenters. The largest absolute Gasteiger partial charge is 0.468 e. The molecule has 4 heteroatoms. The third-order valence-electron chi connectivity index (χ3n) is 3.43. The molecule has 4 nitrogen and oxygen atoms in total. The normalized spacial score (nSPS) is 22.6. The fourth-order valence-corrected chi connectivity index (χ4v) is 2.33. The zero-order valence-corrected chi connectivity index (χ0v) is 10.8. The third-order valence-corrected chi connectivity index (χ3v) is 3.43. The van der Waals surface area contributed by atoms with E-state index in [4.69, 9.17) is 0 Å². The van der Waals surface area contributed by atoms with E-state index in [1.165, 1.54) is 12.7 Å². The van der Waals surface area contributed by atoms with Crippen molar-refractivity contribution in [3.8, 4) is 0 Å². The first-order valence-corrected chi connectivity index (χ1v) is 5.98. The van der Waals surface area contributed by atoms with Gasteiger partial charge in [-0.1, -0.05) is 36.8 Å². The number of β-lactam (4-membered cyclic amide) rings is 1. The Hall–Kier alpha value is -1.84. The number of esters is 1. The summed E-state index contributed by atoms with van der Waals surface area (Å²) >= 11 is 0. The lowest BCUT2D eigenvalue weighted by atomic mass is 9.83. The average Bonchev–Trinajstić information content (AvgIpc) is 2.39. The third kappa shape index (κ3) is 2.10. The van der Waals surface area contributed by atoms with Crippen molar-refractivity contribution >= 4 is 11.9 Å². The molecule has 0 bridgehead atoms. The second-order valence-corrected chi connectivity index (χ2v) is 4.69. The summed E-state index contributed by atoms with van der Waals surface area (Å²) in [7, 11) is 1.33. The van der Waals surface area contributed by atoms with E-state index in [9.17, 15) is 9.59 Å². The van der Waals surface area contributed by atoms with Crippen LogP contribution >= 0.6 is 0 Å². The summed E-state index contributed by atoms with van der Waals surface area (Å²) in [6.07, 6.45) is 0. The number of benzene rings is 1. The lowest BCUT2D eigenvalue weighted by molar-refractivity contribution is -0.163. The molecule has 0 saturated carbocycles. The molecule has 0 radical (unpaired) electrons. The first kappa shape index (κ1) is 12.6. The predicted octanol–water partition coefficient (Wildman–Crippen LogP) is 1.69. The van der Waals surface area contributed by atoms with Gasteiger partial charge in [-0.2, -0.15) is 0 Å². The maximum atomic E-state index is 11.8. The van der Waals surface area contributed by atoms with Crippen LogP contribution in [0.1, 0.15) is 24.1 Å². The van der Waals surface area contributed by atoms with E-state index in [1.807, 2.05) is 38.1 Å². The van der Waals surface area contributed by atoms with E-state index < -0.39 is 0 Å². The Balaban J connectivity index is 2.17. The van der Waals surface area contributed by atoms with Gasteiger partial charge in [-0.3, -0.25) is 9.59 Å². The summed E-state index contributed by atoms with van der Waals surface area (Å²) in [6.45, 7) is 3.93. The maximum Gasteiger partial charge on any atom is 0.325 e. The number of aryl methyl sites for hydroxylation is 1. The second kappa shape index (κ2) is 4.80. The van der Waals surface area contributed by atoms with Crippen LogP contribution < -0.4 is 0 Å². The maximum absolute atomic E-state index is 11.8. The van der Waals surface area contributed by atoms with Crippen molar-refractivity contribution in [1.82, 2.24) is 4.90 Å². The van der Waals surface area contributed by atoms with Gasteiger partial charge < -0.3 is 9.64 Å². The Bertz CT molecular complexity index is 466. The van der Waals surface area contributed by atoms with Crippen molar-refractivity contribution in [3.05, 3.63) is 35.4 Å². The molecule has 2 rings (SSSR count). The first-order valence-electron chi connectivity index (χ1n) is 5.98. The number of ether oxygens (including phenoxy) is 1.